The molecule has 1 aromatic carbocycles. The van der Waals surface area contributed by atoms with E-state index in [4.69, 9.17) is 0 Å². The molecule has 5 atom stereocenters. The Morgan fingerprint density at radius 3 is 2.62 bits per heavy atom. The first-order valence-electron chi connectivity index (χ1n) is 11.6. The minimum absolute atomic E-state index is 0.0830. The standard InChI is InChI=1S/C26H36N2O4/c1-5-7-25(31)28(26(32)17(3)6-2)20-9-10-21-19(16-20)12-13-27(4)22(21)14-18-8-11-23(29)24(30)15-18/h5-6,8,11,15,17,19-22,29-30H,1-2,7,9-10,12-14,16H2,3-4H3/t17?,19?,20?,21?,22-/m1/s1. The van der Waals surface area contributed by atoms with E-state index < -0.39 is 5.92 Å². The fourth-order valence-electron chi connectivity index (χ4n) is 5.49. The fourth-order valence-corrected chi connectivity index (χ4v) is 5.49. The first kappa shape index (κ1) is 24.1. The van der Waals surface area contributed by atoms with Gasteiger partial charge in [-0.05, 0) is 75.2 Å². The van der Waals surface area contributed by atoms with Crippen LogP contribution in [0.3, 0.4) is 0 Å². The highest BCUT2D eigenvalue weighted by molar-refractivity contribution is 5.97. The van der Waals surface area contributed by atoms with E-state index in [0.29, 0.717) is 17.9 Å². The van der Waals surface area contributed by atoms with Gasteiger partial charge in [0.1, 0.15) is 0 Å². The van der Waals surface area contributed by atoms with Crippen LogP contribution in [-0.2, 0) is 16.0 Å². The van der Waals surface area contributed by atoms with Crippen molar-refractivity contribution in [2.45, 2.75) is 57.5 Å². The molecule has 1 saturated heterocycles. The van der Waals surface area contributed by atoms with Crippen LogP contribution < -0.4 is 0 Å². The van der Waals surface area contributed by atoms with Crippen LogP contribution in [0.4, 0.5) is 0 Å². The maximum atomic E-state index is 13.0. The monoisotopic (exact) mass is 440 g/mol. The zero-order valence-corrected chi connectivity index (χ0v) is 19.2. The van der Waals surface area contributed by atoms with Gasteiger partial charge in [-0.1, -0.05) is 25.1 Å². The molecule has 1 aliphatic carbocycles. The second kappa shape index (κ2) is 10.3. The highest BCUT2D eigenvalue weighted by Gasteiger charge is 2.43. The Hall–Kier alpha value is -2.60. The van der Waals surface area contributed by atoms with E-state index in [-0.39, 0.29) is 35.8 Å². The van der Waals surface area contributed by atoms with Crippen molar-refractivity contribution in [1.29, 1.82) is 0 Å². The maximum Gasteiger partial charge on any atom is 0.236 e. The number of likely N-dealkylation sites (N-methyl/N-ethyl adjacent to an activating group) is 1. The summed E-state index contributed by atoms with van der Waals surface area (Å²) in [7, 11) is 2.14. The van der Waals surface area contributed by atoms with Gasteiger partial charge >= 0.3 is 0 Å². The zero-order valence-electron chi connectivity index (χ0n) is 19.2. The van der Waals surface area contributed by atoms with Crippen LogP contribution in [-0.4, -0.2) is 57.5 Å². The minimum atomic E-state index is -0.395. The summed E-state index contributed by atoms with van der Waals surface area (Å²) in [5.74, 6) is -0.0329. The lowest BCUT2D eigenvalue weighted by atomic mass is 9.68. The lowest BCUT2D eigenvalue weighted by Gasteiger charge is -2.49. The third-order valence-corrected chi connectivity index (χ3v) is 7.34. The largest absolute Gasteiger partial charge is 0.504 e. The van der Waals surface area contributed by atoms with Gasteiger partial charge in [0.25, 0.3) is 0 Å². The van der Waals surface area contributed by atoms with E-state index in [1.807, 2.05) is 6.07 Å². The van der Waals surface area contributed by atoms with Crippen molar-refractivity contribution < 1.29 is 19.8 Å². The van der Waals surface area contributed by atoms with Gasteiger partial charge in [-0.2, -0.15) is 0 Å². The number of aromatic hydroxyl groups is 2. The number of amides is 2. The Morgan fingerprint density at radius 1 is 1.22 bits per heavy atom. The van der Waals surface area contributed by atoms with Crippen LogP contribution in [0.1, 0.15) is 44.6 Å². The quantitative estimate of drug-likeness (QED) is 0.497. The Kier molecular flexibility index (Phi) is 7.77. The van der Waals surface area contributed by atoms with E-state index in [1.54, 1.807) is 25.1 Å². The van der Waals surface area contributed by atoms with Gasteiger partial charge in [-0.25, -0.2) is 0 Å². The molecule has 6 nitrogen and oxygen atoms in total. The molecular weight excluding hydrogens is 404 g/mol. The number of hydrogen-bond donors (Lipinski definition) is 2. The molecule has 0 aromatic heterocycles. The van der Waals surface area contributed by atoms with Crippen LogP contribution in [0.25, 0.3) is 0 Å². The number of imide groups is 1. The number of phenols is 2. The van der Waals surface area contributed by atoms with Gasteiger partial charge in [-0.15, -0.1) is 13.2 Å². The summed E-state index contributed by atoms with van der Waals surface area (Å²) in [6, 6.07) is 5.28. The normalized spacial score (nSPS) is 26.6. The summed E-state index contributed by atoms with van der Waals surface area (Å²) in [6.45, 7) is 10.1. The van der Waals surface area contributed by atoms with Crippen molar-refractivity contribution in [3.8, 4) is 11.5 Å². The van der Waals surface area contributed by atoms with E-state index >= 15 is 0 Å². The molecule has 0 spiro atoms. The number of piperidine rings is 1. The van der Waals surface area contributed by atoms with E-state index in [0.717, 1.165) is 44.2 Å². The predicted molar refractivity (Wildman–Crippen MR) is 125 cm³/mol. The average molecular weight is 441 g/mol. The molecule has 2 amide bonds. The zero-order chi connectivity index (χ0) is 23.4. The number of benzene rings is 1. The molecule has 4 unspecified atom stereocenters. The number of rotatable bonds is 7. The summed E-state index contributed by atoms with van der Waals surface area (Å²) in [6.07, 6.45) is 7.73. The van der Waals surface area contributed by atoms with Crippen molar-refractivity contribution >= 4 is 11.8 Å². The summed E-state index contributed by atoms with van der Waals surface area (Å²) in [5.41, 5.74) is 0.998. The molecule has 1 aromatic rings. The number of fused-ring (bicyclic) bond motifs is 1. The molecule has 1 saturated carbocycles. The number of carbonyl (C=O) groups is 2. The van der Waals surface area contributed by atoms with Crippen molar-refractivity contribution in [3.63, 3.8) is 0 Å². The summed E-state index contributed by atoms with van der Waals surface area (Å²) in [5, 5.41) is 19.5. The number of likely N-dealkylation sites (tertiary alicyclic amines) is 1. The maximum absolute atomic E-state index is 13.0. The van der Waals surface area contributed by atoms with Crippen LogP contribution >= 0.6 is 0 Å². The SMILES string of the molecule is C=CCC(=O)N(C(=O)C(C)C=C)C1CCC2C(CCN(C)[C@@H]2Cc2ccc(O)c(O)c2)C1. The van der Waals surface area contributed by atoms with Gasteiger partial charge in [0.15, 0.2) is 11.5 Å². The number of carbonyl (C=O) groups excluding carboxylic acids is 2. The number of nitrogens with zero attached hydrogens (tertiary/aromatic N) is 2. The van der Waals surface area contributed by atoms with Crippen LogP contribution in [0.5, 0.6) is 11.5 Å². The van der Waals surface area contributed by atoms with Crippen LogP contribution in [0, 0.1) is 17.8 Å². The molecule has 0 radical (unpaired) electrons. The van der Waals surface area contributed by atoms with E-state index in [2.05, 4.69) is 25.1 Å². The molecule has 2 N–H and O–H groups in total. The van der Waals surface area contributed by atoms with E-state index in [9.17, 15) is 19.8 Å². The van der Waals surface area contributed by atoms with Crippen LogP contribution in [0.15, 0.2) is 43.5 Å². The molecule has 1 heterocycles. The molecule has 3 rings (SSSR count). The van der Waals surface area contributed by atoms with Crippen molar-refractivity contribution in [2.24, 2.45) is 17.8 Å². The van der Waals surface area contributed by atoms with Gasteiger partial charge in [0.2, 0.25) is 11.8 Å². The third-order valence-electron chi connectivity index (χ3n) is 7.34. The summed E-state index contributed by atoms with van der Waals surface area (Å²) in [4.78, 5) is 29.7. The van der Waals surface area contributed by atoms with E-state index in [1.165, 1.54) is 11.0 Å². The van der Waals surface area contributed by atoms with Crippen molar-refractivity contribution in [1.82, 2.24) is 9.80 Å². The molecular formula is C26H36N2O4. The van der Waals surface area contributed by atoms with Gasteiger partial charge in [0, 0.05) is 18.5 Å². The topological polar surface area (TPSA) is 81.1 Å². The van der Waals surface area contributed by atoms with Gasteiger partial charge in [0.05, 0.1) is 5.92 Å². The minimum Gasteiger partial charge on any atom is -0.504 e. The lowest BCUT2D eigenvalue weighted by molar-refractivity contribution is -0.150. The third kappa shape index (κ3) is 5.07. The molecule has 2 fully saturated rings. The number of hydrogen-bond acceptors (Lipinski definition) is 5. The Bertz CT molecular complexity index is 867. The molecule has 32 heavy (non-hydrogen) atoms. The summed E-state index contributed by atoms with van der Waals surface area (Å²) < 4.78 is 0. The Morgan fingerprint density at radius 2 is 1.97 bits per heavy atom. The highest BCUT2D eigenvalue weighted by atomic mass is 16.3. The predicted octanol–water partition coefficient (Wildman–Crippen LogP) is 3.88. The average Bonchev–Trinajstić information content (AvgIpc) is 2.77. The summed E-state index contributed by atoms with van der Waals surface area (Å²) >= 11 is 0. The fraction of sp³-hybridized carbons (Fsp3) is 0.538. The van der Waals surface area contributed by atoms with Gasteiger partial charge < -0.3 is 15.1 Å². The Balaban J connectivity index is 1.77. The lowest BCUT2D eigenvalue weighted by Crippen LogP contribution is -2.55. The molecule has 174 valence electrons. The van der Waals surface area contributed by atoms with Gasteiger partial charge in [-0.3, -0.25) is 14.5 Å². The molecule has 0 bridgehead atoms. The molecule has 1 aliphatic heterocycles. The smallest absolute Gasteiger partial charge is 0.236 e. The second-order valence-electron chi connectivity index (χ2n) is 9.37. The molecule has 6 heteroatoms. The van der Waals surface area contributed by atoms with Crippen LogP contribution in [0.2, 0.25) is 0 Å². The second-order valence-corrected chi connectivity index (χ2v) is 9.37. The highest BCUT2D eigenvalue weighted by Crippen LogP contribution is 2.42. The first-order chi connectivity index (χ1) is 15.3. The van der Waals surface area contributed by atoms with Crippen molar-refractivity contribution in [3.05, 3.63) is 49.1 Å². The Labute approximate surface area is 191 Å². The first-order valence-corrected chi connectivity index (χ1v) is 11.6. The molecule has 2 aliphatic rings. The number of phenolic OH excluding ortho intramolecular Hbond substituents is 2. The van der Waals surface area contributed by atoms with Crippen molar-refractivity contribution in [2.75, 3.05) is 13.6 Å².